The highest BCUT2D eigenvalue weighted by Crippen LogP contribution is 1.69. The smallest absolute Gasteiger partial charge is 0.141 e. The minimum Gasteiger partial charge on any atom is -0.464 e. The second-order valence-electron chi connectivity index (χ2n) is 1.84. The van der Waals surface area contributed by atoms with E-state index in [1.165, 1.54) is 0 Å². The van der Waals surface area contributed by atoms with E-state index < -0.39 is 0 Å². The monoisotopic (exact) mass is 132 g/mol. The van der Waals surface area contributed by atoms with Crippen LogP contribution < -0.4 is 10.6 Å². The Bertz CT molecular complexity index is 349. The second kappa shape index (κ2) is 2.93. The summed E-state index contributed by atoms with van der Waals surface area (Å²) in [5.74, 6) is 2.41. The van der Waals surface area contributed by atoms with E-state index in [-0.39, 0.29) is 0 Å². The predicted molar refractivity (Wildman–Crippen MR) is 41.4 cm³/mol. The maximum atomic E-state index is 5.07. The Morgan fingerprint density at radius 1 is 1.70 bits per heavy atom. The van der Waals surface area contributed by atoms with Crippen LogP contribution in [0.3, 0.4) is 0 Å². The van der Waals surface area contributed by atoms with Crippen molar-refractivity contribution >= 4 is 12.2 Å². The molecule has 1 aromatic heterocycles. The summed E-state index contributed by atoms with van der Waals surface area (Å²) in [6.45, 7) is 1.94. The quantitative estimate of drug-likeness (QED) is 0.468. The van der Waals surface area contributed by atoms with Crippen molar-refractivity contribution in [2.45, 2.75) is 6.92 Å². The van der Waals surface area contributed by atoms with Crippen LogP contribution >= 0.6 is 0 Å². The minimum atomic E-state index is 0.755. The van der Waals surface area contributed by atoms with Crippen molar-refractivity contribution in [2.24, 2.45) is 0 Å². The molecule has 1 rings (SSSR count). The van der Waals surface area contributed by atoms with Gasteiger partial charge in [-0.3, -0.25) is 0 Å². The first-order chi connectivity index (χ1) is 4.88. The Balaban J connectivity index is 3.46. The maximum absolute atomic E-state index is 5.07. The maximum Gasteiger partial charge on any atom is 0.141 e. The fourth-order valence-corrected chi connectivity index (χ4v) is 0.762. The number of rotatable bonds is 0. The Labute approximate surface area is 59.7 Å². The summed E-state index contributed by atoms with van der Waals surface area (Å²) >= 11 is 0. The van der Waals surface area contributed by atoms with Gasteiger partial charge in [-0.2, -0.15) is 0 Å². The third kappa shape index (κ3) is 1.11. The molecule has 0 amide bonds. The van der Waals surface area contributed by atoms with Gasteiger partial charge in [-0.1, -0.05) is 12.0 Å². The van der Waals surface area contributed by atoms with Gasteiger partial charge in [0.05, 0.1) is 6.26 Å². The van der Waals surface area contributed by atoms with Gasteiger partial charge in [0.15, 0.2) is 0 Å². The molecular formula is C9H8O. The molecule has 0 aromatic carbocycles. The summed E-state index contributed by atoms with van der Waals surface area (Å²) in [7, 11) is 0. The van der Waals surface area contributed by atoms with Gasteiger partial charge in [-0.05, 0) is 13.0 Å². The highest BCUT2D eigenvalue weighted by atomic mass is 16.3. The zero-order valence-electron chi connectivity index (χ0n) is 5.79. The van der Waals surface area contributed by atoms with Crippen LogP contribution in [0.5, 0.6) is 0 Å². The van der Waals surface area contributed by atoms with Crippen molar-refractivity contribution in [1.82, 2.24) is 0 Å². The topological polar surface area (TPSA) is 13.1 Å². The van der Waals surface area contributed by atoms with Gasteiger partial charge >= 0.3 is 0 Å². The molecule has 0 atom stereocenters. The average Bonchev–Trinajstić information content (AvgIpc) is 2.36. The van der Waals surface area contributed by atoms with Crippen molar-refractivity contribution in [1.29, 1.82) is 0 Å². The molecule has 1 heterocycles. The molecule has 1 aromatic rings. The van der Waals surface area contributed by atoms with Crippen LogP contribution in [0.25, 0.3) is 12.2 Å². The number of terminal acetylenes is 1. The molecule has 0 fully saturated rings. The van der Waals surface area contributed by atoms with E-state index in [9.17, 15) is 0 Å². The number of furan rings is 1. The van der Waals surface area contributed by atoms with Crippen molar-refractivity contribution in [2.75, 3.05) is 0 Å². The molecule has 0 radical (unpaired) electrons. The molecule has 1 heteroatoms. The van der Waals surface area contributed by atoms with Crippen molar-refractivity contribution in [3.8, 4) is 12.3 Å². The molecule has 0 bridgehead atoms. The van der Waals surface area contributed by atoms with Gasteiger partial charge in [0.1, 0.15) is 5.42 Å². The van der Waals surface area contributed by atoms with Gasteiger partial charge in [0.25, 0.3) is 0 Å². The van der Waals surface area contributed by atoms with E-state index in [0.717, 1.165) is 10.6 Å². The van der Waals surface area contributed by atoms with Gasteiger partial charge in [-0.15, -0.1) is 6.42 Å². The number of hydrogen-bond acceptors (Lipinski definition) is 1. The lowest BCUT2D eigenvalue weighted by Gasteiger charge is -1.70. The minimum absolute atomic E-state index is 0.755. The first-order valence-corrected chi connectivity index (χ1v) is 3.04. The summed E-state index contributed by atoms with van der Waals surface area (Å²) < 4.78 is 5.07. The van der Waals surface area contributed by atoms with E-state index in [0.29, 0.717) is 0 Å². The summed E-state index contributed by atoms with van der Waals surface area (Å²) in [5, 5.41) is 1.04. The molecule has 0 unspecified atom stereocenters. The molecule has 0 N–H and O–H groups in total. The Morgan fingerprint density at radius 2 is 2.50 bits per heavy atom. The van der Waals surface area contributed by atoms with E-state index in [4.69, 9.17) is 10.8 Å². The van der Waals surface area contributed by atoms with Crippen LogP contribution in [0.4, 0.5) is 0 Å². The Morgan fingerprint density at radius 3 is 3.10 bits per heavy atom. The SMILES string of the molecule is C#C/C=c1/occ/c1=C/C. The predicted octanol–water partition coefficient (Wildman–Crippen LogP) is 0.494. The fraction of sp³-hybridized carbons (Fsp3) is 0.111. The van der Waals surface area contributed by atoms with Crippen LogP contribution in [-0.4, -0.2) is 0 Å². The molecule has 0 aliphatic heterocycles. The first-order valence-electron chi connectivity index (χ1n) is 3.04. The summed E-state index contributed by atoms with van der Waals surface area (Å²) in [4.78, 5) is 0. The molecule has 0 aliphatic carbocycles. The summed E-state index contributed by atoms with van der Waals surface area (Å²) in [6.07, 6.45) is 10.2. The lowest BCUT2D eigenvalue weighted by Crippen LogP contribution is -2.17. The standard InChI is InChI=1S/C9H8O/c1-3-5-9-8(4-2)6-7-10-9/h1,4-7H,2H3/b8-4-,9-5+. The molecular weight excluding hydrogens is 124 g/mol. The normalized spacial score (nSPS) is 13.6. The van der Waals surface area contributed by atoms with Gasteiger partial charge in [0, 0.05) is 11.3 Å². The largest absolute Gasteiger partial charge is 0.464 e. The van der Waals surface area contributed by atoms with Crippen molar-refractivity contribution in [3.05, 3.63) is 23.0 Å². The molecule has 0 saturated carbocycles. The van der Waals surface area contributed by atoms with E-state index in [2.05, 4.69) is 5.92 Å². The van der Waals surface area contributed by atoms with Crippen LogP contribution in [0, 0.1) is 12.3 Å². The van der Waals surface area contributed by atoms with E-state index in [1.54, 1.807) is 12.3 Å². The zero-order valence-corrected chi connectivity index (χ0v) is 5.79. The molecule has 10 heavy (non-hydrogen) atoms. The van der Waals surface area contributed by atoms with Gasteiger partial charge in [0.2, 0.25) is 0 Å². The molecule has 0 spiro atoms. The Hall–Kier alpha value is -1.42. The van der Waals surface area contributed by atoms with Crippen molar-refractivity contribution < 1.29 is 4.42 Å². The third-order valence-electron chi connectivity index (χ3n) is 1.25. The van der Waals surface area contributed by atoms with Crippen molar-refractivity contribution in [3.63, 3.8) is 0 Å². The van der Waals surface area contributed by atoms with Crippen LogP contribution in [-0.2, 0) is 0 Å². The molecule has 50 valence electrons. The van der Waals surface area contributed by atoms with Gasteiger partial charge < -0.3 is 4.42 Å². The van der Waals surface area contributed by atoms with E-state index in [1.807, 2.05) is 19.1 Å². The lowest BCUT2D eigenvalue weighted by atomic mass is 10.4. The highest BCUT2D eigenvalue weighted by Gasteiger charge is 1.82. The van der Waals surface area contributed by atoms with Crippen LogP contribution in [0.2, 0.25) is 0 Å². The fourth-order valence-electron chi connectivity index (χ4n) is 0.762. The first kappa shape index (κ1) is 6.70. The van der Waals surface area contributed by atoms with E-state index >= 15 is 0 Å². The number of hydrogen-bond donors (Lipinski definition) is 0. The highest BCUT2D eigenvalue weighted by molar-refractivity contribution is 5.41. The zero-order chi connectivity index (χ0) is 7.40. The Kier molecular flexibility index (Phi) is 1.96. The van der Waals surface area contributed by atoms with Crippen LogP contribution in [0.15, 0.2) is 16.7 Å². The molecule has 0 aliphatic rings. The summed E-state index contributed by atoms with van der Waals surface area (Å²) in [5.41, 5.74) is 0.755. The molecule has 0 saturated heterocycles. The van der Waals surface area contributed by atoms with Gasteiger partial charge in [-0.25, -0.2) is 0 Å². The second-order valence-corrected chi connectivity index (χ2v) is 1.84. The van der Waals surface area contributed by atoms with Crippen LogP contribution in [0.1, 0.15) is 6.92 Å². The molecule has 1 nitrogen and oxygen atoms in total. The third-order valence-corrected chi connectivity index (χ3v) is 1.25. The lowest BCUT2D eigenvalue weighted by molar-refractivity contribution is 0.531. The summed E-state index contributed by atoms with van der Waals surface area (Å²) in [6, 6.07) is 1.88. The average molecular weight is 132 g/mol.